The summed E-state index contributed by atoms with van der Waals surface area (Å²) in [6.07, 6.45) is 1.19. The molecule has 0 radical (unpaired) electrons. The molecular formula is C20H30N4O3. The molecule has 7 nitrogen and oxygen atoms in total. The zero-order valence-electron chi connectivity index (χ0n) is 16.5. The molecule has 0 saturated carbocycles. The van der Waals surface area contributed by atoms with E-state index in [4.69, 9.17) is 0 Å². The molecule has 0 aromatic heterocycles. The monoisotopic (exact) mass is 374 g/mol. The highest BCUT2D eigenvalue weighted by Gasteiger charge is 2.33. The Morgan fingerprint density at radius 2 is 1.70 bits per heavy atom. The third kappa shape index (κ3) is 4.40. The van der Waals surface area contributed by atoms with Crippen LogP contribution in [0.2, 0.25) is 0 Å². The van der Waals surface area contributed by atoms with Gasteiger partial charge >= 0.3 is 0 Å². The first-order chi connectivity index (χ1) is 12.9. The Balaban J connectivity index is 1.60. The van der Waals surface area contributed by atoms with Crippen molar-refractivity contribution in [3.8, 4) is 0 Å². The van der Waals surface area contributed by atoms with Gasteiger partial charge < -0.3 is 9.80 Å². The van der Waals surface area contributed by atoms with Crippen molar-refractivity contribution in [2.45, 2.75) is 33.2 Å². The lowest BCUT2D eigenvalue weighted by atomic mass is 9.91. The summed E-state index contributed by atoms with van der Waals surface area (Å²) >= 11 is 0. The molecule has 2 aliphatic rings. The van der Waals surface area contributed by atoms with Crippen LogP contribution in [-0.4, -0.2) is 65.9 Å². The molecular weight excluding hydrogens is 344 g/mol. The minimum absolute atomic E-state index is 0.143. The van der Waals surface area contributed by atoms with Crippen molar-refractivity contribution in [2.75, 3.05) is 44.2 Å². The van der Waals surface area contributed by atoms with Crippen LogP contribution in [0.1, 0.15) is 27.2 Å². The minimum atomic E-state index is -0.327. The maximum Gasteiger partial charge on any atom is 0.292 e. The zero-order valence-corrected chi connectivity index (χ0v) is 16.5. The van der Waals surface area contributed by atoms with E-state index in [0.29, 0.717) is 30.6 Å². The second-order valence-electron chi connectivity index (χ2n) is 8.13. The van der Waals surface area contributed by atoms with Crippen LogP contribution in [0, 0.1) is 22.0 Å². The summed E-state index contributed by atoms with van der Waals surface area (Å²) in [7, 11) is 0. The average molecular weight is 374 g/mol. The van der Waals surface area contributed by atoms with Crippen LogP contribution in [0.3, 0.4) is 0 Å². The number of anilines is 1. The summed E-state index contributed by atoms with van der Waals surface area (Å²) < 4.78 is 0. The van der Waals surface area contributed by atoms with Crippen LogP contribution in [-0.2, 0) is 4.79 Å². The Bertz CT molecular complexity index is 678. The number of carbonyl (C=O) groups excluding carboxylic acids is 1. The molecule has 27 heavy (non-hydrogen) atoms. The molecule has 1 amide bonds. The minimum Gasteiger partial charge on any atom is -0.363 e. The van der Waals surface area contributed by atoms with E-state index in [1.165, 1.54) is 6.42 Å². The van der Waals surface area contributed by atoms with Crippen LogP contribution in [0.4, 0.5) is 11.4 Å². The van der Waals surface area contributed by atoms with Gasteiger partial charge in [-0.1, -0.05) is 26.0 Å². The molecule has 7 heteroatoms. The highest BCUT2D eigenvalue weighted by atomic mass is 16.6. The first-order valence-electron chi connectivity index (χ1n) is 9.88. The van der Waals surface area contributed by atoms with E-state index in [9.17, 15) is 14.9 Å². The number of para-hydroxylation sites is 2. The Kier molecular flexibility index (Phi) is 5.99. The molecule has 3 rings (SSSR count). The summed E-state index contributed by atoms with van der Waals surface area (Å²) in [6.45, 7) is 11.0. The van der Waals surface area contributed by atoms with E-state index in [0.717, 1.165) is 26.2 Å². The van der Waals surface area contributed by atoms with Gasteiger partial charge in [0.2, 0.25) is 5.91 Å². The number of piperazine rings is 1. The van der Waals surface area contributed by atoms with Crippen molar-refractivity contribution < 1.29 is 9.72 Å². The Labute approximate surface area is 161 Å². The molecule has 2 fully saturated rings. The number of likely N-dealkylation sites (tertiary alicyclic amines) is 1. The first kappa shape index (κ1) is 19.6. The number of nitro benzene ring substituents is 1. The first-order valence-corrected chi connectivity index (χ1v) is 9.88. The highest BCUT2D eigenvalue weighted by molar-refractivity contribution is 5.81. The lowest BCUT2D eigenvalue weighted by Gasteiger charge is -2.41. The van der Waals surface area contributed by atoms with Gasteiger partial charge in [-0.25, -0.2) is 0 Å². The van der Waals surface area contributed by atoms with Crippen molar-refractivity contribution >= 4 is 17.3 Å². The lowest BCUT2D eigenvalue weighted by molar-refractivity contribution is -0.384. The summed E-state index contributed by atoms with van der Waals surface area (Å²) in [5.41, 5.74) is 0.811. The molecule has 3 unspecified atom stereocenters. The van der Waals surface area contributed by atoms with Gasteiger partial charge in [-0.2, -0.15) is 0 Å². The van der Waals surface area contributed by atoms with Gasteiger partial charge in [-0.05, 0) is 31.2 Å². The molecule has 1 aromatic carbocycles. The number of rotatable bonds is 4. The standard InChI is InChI=1S/C20H30N4O3/c1-15-12-16(2)14-23(13-15)20(25)17(3)21-8-10-22(11-9-21)18-6-4-5-7-19(18)24(26)27/h4-7,15-17H,8-14H2,1-3H3. The number of hydrogen-bond acceptors (Lipinski definition) is 5. The fourth-order valence-electron chi connectivity index (χ4n) is 4.50. The predicted octanol–water partition coefficient (Wildman–Crippen LogP) is 2.61. The number of piperidine rings is 1. The largest absolute Gasteiger partial charge is 0.363 e. The van der Waals surface area contributed by atoms with Gasteiger partial charge in [0.1, 0.15) is 5.69 Å². The molecule has 2 saturated heterocycles. The second-order valence-corrected chi connectivity index (χ2v) is 8.13. The van der Waals surface area contributed by atoms with E-state index in [1.807, 2.05) is 17.9 Å². The van der Waals surface area contributed by atoms with Gasteiger partial charge in [-0.3, -0.25) is 19.8 Å². The number of nitro groups is 1. The van der Waals surface area contributed by atoms with Gasteiger partial charge in [0.05, 0.1) is 11.0 Å². The Morgan fingerprint density at radius 3 is 2.30 bits per heavy atom. The summed E-state index contributed by atoms with van der Waals surface area (Å²) in [5.74, 6) is 1.33. The molecule has 0 N–H and O–H groups in total. The number of benzene rings is 1. The summed E-state index contributed by atoms with van der Waals surface area (Å²) in [5, 5.41) is 11.3. The van der Waals surface area contributed by atoms with E-state index in [-0.39, 0.29) is 22.6 Å². The quantitative estimate of drug-likeness (QED) is 0.598. The van der Waals surface area contributed by atoms with Crippen molar-refractivity contribution in [1.29, 1.82) is 0 Å². The van der Waals surface area contributed by atoms with Crippen LogP contribution in [0.15, 0.2) is 24.3 Å². The number of hydrogen-bond donors (Lipinski definition) is 0. The highest BCUT2D eigenvalue weighted by Crippen LogP contribution is 2.29. The van der Waals surface area contributed by atoms with Crippen LogP contribution in [0.25, 0.3) is 0 Å². The van der Waals surface area contributed by atoms with Gasteiger partial charge in [-0.15, -0.1) is 0 Å². The molecule has 1 aromatic rings. The molecule has 0 aliphatic carbocycles. The maximum atomic E-state index is 13.0. The maximum absolute atomic E-state index is 13.0. The topological polar surface area (TPSA) is 69.9 Å². The van der Waals surface area contributed by atoms with Crippen molar-refractivity contribution in [1.82, 2.24) is 9.80 Å². The molecule has 0 spiro atoms. The van der Waals surface area contributed by atoms with E-state index < -0.39 is 0 Å². The second kappa shape index (κ2) is 8.25. The van der Waals surface area contributed by atoms with Crippen LogP contribution < -0.4 is 4.90 Å². The summed E-state index contributed by atoms with van der Waals surface area (Å²) in [4.78, 5) is 30.2. The third-order valence-electron chi connectivity index (χ3n) is 5.82. The van der Waals surface area contributed by atoms with E-state index >= 15 is 0 Å². The smallest absolute Gasteiger partial charge is 0.292 e. The molecule has 148 valence electrons. The fourth-order valence-corrected chi connectivity index (χ4v) is 4.50. The molecule has 2 heterocycles. The van der Waals surface area contributed by atoms with Crippen LogP contribution >= 0.6 is 0 Å². The fraction of sp³-hybridized carbons (Fsp3) is 0.650. The summed E-state index contributed by atoms with van der Waals surface area (Å²) in [6, 6.07) is 6.74. The molecule has 2 aliphatic heterocycles. The third-order valence-corrected chi connectivity index (χ3v) is 5.82. The number of amides is 1. The van der Waals surface area contributed by atoms with Crippen molar-refractivity contribution in [3.05, 3.63) is 34.4 Å². The predicted molar refractivity (Wildman–Crippen MR) is 106 cm³/mol. The van der Waals surface area contributed by atoms with Crippen molar-refractivity contribution in [3.63, 3.8) is 0 Å². The van der Waals surface area contributed by atoms with Gasteiger partial charge in [0.15, 0.2) is 0 Å². The number of carbonyl (C=O) groups is 1. The Hall–Kier alpha value is -2.15. The normalized spacial score (nSPS) is 25.3. The van der Waals surface area contributed by atoms with Crippen molar-refractivity contribution in [2.24, 2.45) is 11.8 Å². The average Bonchev–Trinajstić information content (AvgIpc) is 2.66. The van der Waals surface area contributed by atoms with E-state index in [2.05, 4.69) is 23.6 Å². The lowest BCUT2D eigenvalue weighted by Crippen LogP contribution is -2.56. The number of nitrogens with zero attached hydrogens (tertiary/aromatic N) is 4. The zero-order chi connectivity index (χ0) is 19.6. The molecule has 3 atom stereocenters. The van der Waals surface area contributed by atoms with E-state index in [1.54, 1.807) is 18.2 Å². The Morgan fingerprint density at radius 1 is 1.11 bits per heavy atom. The molecule has 0 bridgehead atoms. The van der Waals surface area contributed by atoms with Gasteiger partial charge in [0.25, 0.3) is 5.69 Å². The van der Waals surface area contributed by atoms with Crippen LogP contribution in [0.5, 0.6) is 0 Å². The SMILES string of the molecule is CC1CC(C)CN(C(=O)C(C)N2CCN(c3ccccc3[N+](=O)[O-])CC2)C1. The van der Waals surface area contributed by atoms with Gasteiger partial charge in [0, 0.05) is 45.3 Å².